The number of benzene rings is 1. The quantitative estimate of drug-likeness (QED) is 0.609. The first-order valence-corrected chi connectivity index (χ1v) is 4.69. The predicted molar refractivity (Wildman–Crippen MR) is 53.7 cm³/mol. The summed E-state index contributed by atoms with van der Waals surface area (Å²) in [6.07, 6.45) is 0.353. The summed E-state index contributed by atoms with van der Waals surface area (Å²) in [6, 6.07) is 5.66. The molecule has 1 aromatic carbocycles. The van der Waals surface area contributed by atoms with Crippen molar-refractivity contribution in [2.24, 2.45) is 0 Å². The van der Waals surface area contributed by atoms with Crippen LogP contribution in [0, 0.1) is 0 Å². The van der Waals surface area contributed by atoms with Crippen LogP contribution < -0.4 is 5.73 Å². The van der Waals surface area contributed by atoms with Crippen LogP contribution in [0.2, 0.25) is 0 Å². The number of aliphatic hydroxyl groups is 1. The van der Waals surface area contributed by atoms with Gasteiger partial charge in [-0.3, -0.25) is 0 Å². The largest absolute Gasteiger partial charge is 0.399 e. The number of fused-ring (bicyclic) bond motifs is 3. The monoisotopic (exact) mass is 189 g/mol. The van der Waals surface area contributed by atoms with Crippen molar-refractivity contribution in [1.29, 1.82) is 0 Å². The fraction of sp³-hybridized carbons (Fsp3) is 0.300. The molecule has 1 aliphatic rings. The molecule has 2 heterocycles. The minimum atomic E-state index is -0.413. The average molecular weight is 189 g/mol. The van der Waals surface area contributed by atoms with E-state index in [4.69, 9.17) is 5.73 Å². The molecule has 0 saturated carbocycles. The Bertz CT molecular complexity index is 503. The van der Waals surface area contributed by atoms with Crippen molar-refractivity contribution in [2.75, 3.05) is 5.73 Å². The number of anilines is 1. The summed E-state index contributed by atoms with van der Waals surface area (Å²) in [6.45, 7) is 0.844. The number of aliphatic hydroxyl groups excluding tert-OH is 1. The number of nitrogens with zero attached hydrogens (tertiary/aromatic N) is 2. The van der Waals surface area contributed by atoms with Crippen LogP contribution in [0.5, 0.6) is 0 Å². The number of aryl methyl sites for hydroxylation is 1. The lowest BCUT2D eigenvalue weighted by Crippen LogP contribution is -1.93. The Morgan fingerprint density at radius 2 is 2.36 bits per heavy atom. The lowest BCUT2D eigenvalue weighted by molar-refractivity contribution is 0.176. The van der Waals surface area contributed by atoms with Crippen molar-refractivity contribution in [3.05, 3.63) is 24.0 Å². The molecule has 0 aliphatic carbocycles. The molecule has 0 saturated heterocycles. The summed E-state index contributed by atoms with van der Waals surface area (Å²) < 4.78 is 2.06. The Morgan fingerprint density at radius 1 is 1.50 bits per heavy atom. The van der Waals surface area contributed by atoms with Crippen LogP contribution in [-0.2, 0) is 6.54 Å². The minimum absolute atomic E-state index is 0.413. The summed E-state index contributed by atoms with van der Waals surface area (Å²) in [5.41, 5.74) is 8.31. The second kappa shape index (κ2) is 2.48. The fourth-order valence-corrected chi connectivity index (χ4v) is 2.04. The zero-order valence-corrected chi connectivity index (χ0v) is 7.64. The van der Waals surface area contributed by atoms with E-state index >= 15 is 0 Å². The Balaban J connectivity index is 2.34. The number of hydrogen-bond donors (Lipinski definition) is 2. The first-order valence-electron chi connectivity index (χ1n) is 4.69. The standard InChI is InChI=1S/C10H11N3O/c11-6-1-2-8-7(5-6)12-10-9(14)3-4-13(8)10/h1-2,5,9,14H,3-4,11H2. The smallest absolute Gasteiger partial charge is 0.138 e. The fourth-order valence-electron chi connectivity index (χ4n) is 2.04. The van der Waals surface area contributed by atoms with Crippen LogP contribution in [-0.4, -0.2) is 14.7 Å². The summed E-state index contributed by atoms with van der Waals surface area (Å²) in [5, 5.41) is 9.64. The minimum Gasteiger partial charge on any atom is -0.399 e. The zero-order valence-electron chi connectivity index (χ0n) is 7.64. The summed E-state index contributed by atoms with van der Waals surface area (Å²) in [7, 11) is 0. The van der Waals surface area contributed by atoms with Crippen molar-refractivity contribution in [3.8, 4) is 0 Å². The van der Waals surface area contributed by atoms with E-state index in [9.17, 15) is 5.11 Å². The molecule has 1 unspecified atom stereocenters. The lowest BCUT2D eigenvalue weighted by Gasteiger charge is -1.97. The summed E-state index contributed by atoms with van der Waals surface area (Å²) >= 11 is 0. The highest BCUT2D eigenvalue weighted by atomic mass is 16.3. The van der Waals surface area contributed by atoms with E-state index in [1.165, 1.54) is 0 Å². The number of aromatic nitrogens is 2. The van der Waals surface area contributed by atoms with Crippen LogP contribution in [0.4, 0.5) is 5.69 Å². The van der Waals surface area contributed by atoms with Gasteiger partial charge in [-0.2, -0.15) is 0 Å². The van der Waals surface area contributed by atoms with Gasteiger partial charge in [0.2, 0.25) is 0 Å². The predicted octanol–water partition coefficient (Wildman–Crippen LogP) is 1.06. The highest BCUT2D eigenvalue weighted by Gasteiger charge is 2.24. The molecule has 2 aromatic rings. The number of imidazole rings is 1. The molecule has 1 aliphatic heterocycles. The normalized spacial score (nSPS) is 20.2. The van der Waals surface area contributed by atoms with Gasteiger partial charge in [0.05, 0.1) is 11.0 Å². The van der Waals surface area contributed by atoms with Crippen molar-refractivity contribution in [3.63, 3.8) is 0 Å². The van der Waals surface area contributed by atoms with Gasteiger partial charge in [0.25, 0.3) is 0 Å². The number of rotatable bonds is 0. The maximum atomic E-state index is 9.64. The van der Waals surface area contributed by atoms with Gasteiger partial charge in [-0.1, -0.05) is 0 Å². The molecule has 0 spiro atoms. The SMILES string of the molecule is Nc1ccc2c(c1)nc1n2CCC1O. The topological polar surface area (TPSA) is 64.1 Å². The molecule has 72 valence electrons. The van der Waals surface area contributed by atoms with E-state index in [1.54, 1.807) is 0 Å². The molecular weight excluding hydrogens is 178 g/mol. The maximum absolute atomic E-state index is 9.64. The van der Waals surface area contributed by atoms with Gasteiger partial charge in [-0.05, 0) is 24.6 Å². The van der Waals surface area contributed by atoms with E-state index in [-0.39, 0.29) is 0 Å². The third kappa shape index (κ3) is 0.886. The van der Waals surface area contributed by atoms with E-state index in [2.05, 4.69) is 9.55 Å². The molecule has 0 bridgehead atoms. The van der Waals surface area contributed by atoms with Gasteiger partial charge in [-0.25, -0.2) is 4.98 Å². The number of hydrogen-bond acceptors (Lipinski definition) is 3. The van der Waals surface area contributed by atoms with Gasteiger partial charge < -0.3 is 15.4 Å². The molecule has 0 amide bonds. The Labute approximate surface area is 81.0 Å². The average Bonchev–Trinajstić information content (AvgIpc) is 2.66. The zero-order chi connectivity index (χ0) is 9.71. The van der Waals surface area contributed by atoms with Crippen LogP contribution in [0.15, 0.2) is 18.2 Å². The van der Waals surface area contributed by atoms with Gasteiger partial charge in [0.1, 0.15) is 11.9 Å². The van der Waals surface area contributed by atoms with Gasteiger partial charge >= 0.3 is 0 Å². The molecule has 0 fully saturated rings. The molecule has 14 heavy (non-hydrogen) atoms. The summed E-state index contributed by atoms with van der Waals surface area (Å²) in [4.78, 5) is 4.37. The third-order valence-electron chi connectivity index (χ3n) is 2.73. The van der Waals surface area contributed by atoms with E-state index in [1.807, 2.05) is 18.2 Å². The number of nitrogens with two attached hydrogens (primary N) is 1. The van der Waals surface area contributed by atoms with Gasteiger partial charge in [0, 0.05) is 12.2 Å². The van der Waals surface area contributed by atoms with Crippen molar-refractivity contribution >= 4 is 16.7 Å². The molecule has 1 aromatic heterocycles. The molecule has 3 rings (SSSR count). The maximum Gasteiger partial charge on any atom is 0.138 e. The van der Waals surface area contributed by atoms with Crippen LogP contribution in [0.3, 0.4) is 0 Å². The molecule has 1 atom stereocenters. The van der Waals surface area contributed by atoms with Crippen LogP contribution >= 0.6 is 0 Å². The second-order valence-corrected chi connectivity index (χ2v) is 3.67. The van der Waals surface area contributed by atoms with Crippen molar-refractivity contribution < 1.29 is 5.11 Å². The number of nitrogen functional groups attached to an aromatic ring is 1. The first kappa shape index (κ1) is 7.82. The third-order valence-corrected chi connectivity index (χ3v) is 2.73. The van der Waals surface area contributed by atoms with Crippen LogP contribution in [0.1, 0.15) is 18.3 Å². The lowest BCUT2D eigenvalue weighted by atomic mass is 10.2. The first-order chi connectivity index (χ1) is 6.75. The second-order valence-electron chi connectivity index (χ2n) is 3.67. The van der Waals surface area contributed by atoms with Gasteiger partial charge in [0.15, 0.2) is 0 Å². The van der Waals surface area contributed by atoms with Crippen LogP contribution in [0.25, 0.3) is 11.0 Å². The Morgan fingerprint density at radius 3 is 3.21 bits per heavy atom. The van der Waals surface area contributed by atoms with E-state index < -0.39 is 6.10 Å². The van der Waals surface area contributed by atoms with Crippen molar-refractivity contribution in [1.82, 2.24) is 9.55 Å². The highest BCUT2D eigenvalue weighted by Crippen LogP contribution is 2.30. The van der Waals surface area contributed by atoms with E-state index in [0.29, 0.717) is 5.69 Å². The molecule has 4 nitrogen and oxygen atoms in total. The Kier molecular flexibility index (Phi) is 1.39. The summed E-state index contributed by atoms with van der Waals surface area (Å²) in [5.74, 6) is 0.769. The molecule has 0 radical (unpaired) electrons. The molecule has 4 heteroatoms. The molecule has 3 N–H and O–H groups in total. The molecular formula is C10H11N3O. The Hall–Kier alpha value is -1.55. The highest BCUT2D eigenvalue weighted by molar-refractivity contribution is 5.80. The van der Waals surface area contributed by atoms with Crippen molar-refractivity contribution in [2.45, 2.75) is 19.1 Å². The van der Waals surface area contributed by atoms with E-state index in [0.717, 1.165) is 29.8 Å². The van der Waals surface area contributed by atoms with Gasteiger partial charge in [-0.15, -0.1) is 0 Å².